The molecule has 2 rings (SSSR count). The molecule has 2 N–H and O–H groups in total. The van der Waals surface area contributed by atoms with Crippen molar-refractivity contribution in [3.05, 3.63) is 22.5 Å². The molecular formula is C21H33N3O4. The summed E-state index contributed by atoms with van der Waals surface area (Å²) in [6, 6.07) is 0. The summed E-state index contributed by atoms with van der Waals surface area (Å²) < 4.78 is 4.83. The number of aromatic nitrogens is 1. The molecule has 0 aromatic carbocycles. The van der Waals surface area contributed by atoms with Crippen molar-refractivity contribution in [3.63, 3.8) is 0 Å². The van der Waals surface area contributed by atoms with Crippen LogP contribution >= 0.6 is 0 Å². The van der Waals surface area contributed by atoms with Gasteiger partial charge in [0.25, 0.3) is 0 Å². The van der Waals surface area contributed by atoms with Crippen LogP contribution in [0.5, 0.6) is 0 Å². The van der Waals surface area contributed by atoms with Crippen LogP contribution in [0.3, 0.4) is 0 Å². The van der Waals surface area contributed by atoms with Crippen LogP contribution in [0.15, 0.2) is 0 Å². The third-order valence-electron chi connectivity index (χ3n) is 5.64. The van der Waals surface area contributed by atoms with Gasteiger partial charge < -0.3 is 15.0 Å². The highest BCUT2D eigenvalue weighted by Gasteiger charge is 2.31. The highest BCUT2D eigenvalue weighted by Crippen LogP contribution is 2.24. The molecule has 0 spiro atoms. The molecule has 1 saturated heterocycles. The number of hydrogen-bond acceptors (Lipinski definition) is 5. The summed E-state index contributed by atoms with van der Waals surface area (Å²) in [5.74, 6) is -0.265. The fourth-order valence-electron chi connectivity index (χ4n) is 3.91. The average Bonchev–Trinajstić information content (AvgIpc) is 2.95. The first kappa shape index (κ1) is 22.1. The number of amides is 1. The molecule has 1 aromatic heterocycles. The first-order valence-corrected chi connectivity index (χ1v) is 9.89. The van der Waals surface area contributed by atoms with Crippen LogP contribution in [0.4, 0.5) is 0 Å². The number of nitrogens with zero attached hydrogens (tertiary/aromatic N) is 1. The van der Waals surface area contributed by atoms with Crippen molar-refractivity contribution < 1.29 is 19.1 Å². The zero-order valence-electron chi connectivity index (χ0n) is 17.9. The number of carbonyl (C=O) groups excluding carboxylic acids is 3. The number of hydrogen-bond donors (Lipinski definition) is 2. The number of methoxy groups -OCH3 is 1. The smallest absolute Gasteiger partial charge is 0.339 e. The number of carbonyl (C=O) groups is 3. The Kier molecular flexibility index (Phi) is 7.04. The second-order valence-corrected chi connectivity index (χ2v) is 8.49. The second kappa shape index (κ2) is 8.90. The summed E-state index contributed by atoms with van der Waals surface area (Å²) in [5.41, 5.74) is 1.39. The summed E-state index contributed by atoms with van der Waals surface area (Å²) in [6.07, 6.45) is 2.42. The lowest BCUT2D eigenvalue weighted by atomic mass is 9.93. The van der Waals surface area contributed by atoms with E-state index in [9.17, 15) is 14.4 Å². The average molecular weight is 392 g/mol. The predicted molar refractivity (Wildman–Crippen MR) is 108 cm³/mol. The topological polar surface area (TPSA) is 91.5 Å². The molecule has 1 aliphatic rings. The van der Waals surface area contributed by atoms with E-state index in [0.717, 1.165) is 13.1 Å². The van der Waals surface area contributed by atoms with Crippen LogP contribution < -0.4 is 5.32 Å². The zero-order valence-corrected chi connectivity index (χ0v) is 17.9. The van der Waals surface area contributed by atoms with E-state index in [-0.39, 0.29) is 29.2 Å². The quantitative estimate of drug-likeness (QED) is 0.550. The van der Waals surface area contributed by atoms with Crippen LogP contribution in [-0.2, 0) is 16.0 Å². The highest BCUT2D eigenvalue weighted by atomic mass is 16.5. The molecule has 7 heteroatoms. The van der Waals surface area contributed by atoms with E-state index >= 15 is 0 Å². The van der Waals surface area contributed by atoms with Crippen molar-refractivity contribution in [3.8, 4) is 0 Å². The van der Waals surface area contributed by atoms with Gasteiger partial charge in [-0.05, 0) is 51.6 Å². The Morgan fingerprint density at radius 1 is 1.32 bits per heavy atom. The maximum atomic E-state index is 12.6. The van der Waals surface area contributed by atoms with Gasteiger partial charge in [0.1, 0.15) is 0 Å². The Labute approximate surface area is 167 Å². The standard InChI is InChI=1S/C21H33N3O4/c1-13-8-7-9-24(11-13)21(4,5)12-22-17(26)10-16-18(20(27)28-6)14(2)19(23-16)15(3)25/h13,23H,7-12H2,1-6H3,(H,22,26). The van der Waals surface area contributed by atoms with Crippen molar-refractivity contribution in [1.29, 1.82) is 0 Å². The molecule has 1 aromatic rings. The summed E-state index contributed by atoms with van der Waals surface area (Å²) in [7, 11) is 1.29. The number of Topliss-reactive ketones (excluding diaryl/α,β-unsaturated/α-hetero) is 1. The van der Waals surface area contributed by atoms with Gasteiger partial charge in [-0.25, -0.2) is 4.79 Å². The van der Waals surface area contributed by atoms with Crippen LogP contribution in [0, 0.1) is 12.8 Å². The van der Waals surface area contributed by atoms with E-state index in [1.165, 1.54) is 26.9 Å². The SMILES string of the molecule is COC(=O)c1c(CC(=O)NCC(C)(C)N2CCCC(C)C2)[nH]c(C(C)=O)c1C. The number of ketones is 1. The molecule has 28 heavy (non-hydrogen) atoms. The molecule has 1 amide bonds. The van der Waals surface area contributed by atoms with Crippen LogP contribution in [-0.4, -0.2) is 59.8 Å². The maximum Gasteiger partial charge on any atom is 0.339 e. The first-order chi connectivity index (χ1) is 13.1. The normalized spacial score (nSPS) is 18.0. The molecule has 0 aliphatic carbocycles. The van der Waals surface area contributed by atoms with Gasteiger partial charge in [-0.15, -0.1) is 0 Å². The third kappa shape index (κ3) is 5.01. The van der Waals surface area contributed by atoms with E-state index in [4.69, 9.17) is 4.74 Å². The number of esters is 1. The minimum atomic E-state index is -0.549. The predicted octanol–water partition coefficient (Wildman–Crippen LogP) is 2.48. The van der Waals surface area contributed by atoms with Gasteiger partial charge in [-0.3, -0.25) is 14.5 Å². The van der Waals surface area contributed by atoms with Crippen molar-refractivity contribution in [2.75, 3.05) is 26.7 Å². The van der Waals surface area contributed by atoms with Crippen LogP contribution in [0.2, 0.25) is 0 Å². The van der Waals surface area contributed by atoms with Gasteiger partial charge in [0.15, 0.2) is 5.78 Å². The van der Waals surface area contributed by atoms with Crippen molar-refractivity contribution in [1.82, 2.24) is 15.2 Å². The Bertz CT molecular complexity index is 751. The number of likely N-dealkylation sites (tertiary alicyclic amines) is 1. The summed E-state index contributed by atoms with van der Waals surface area (Å²) in [5, 5.41) is 2.99. The van der Waals surface area contributed by atoms with E-state index < -0.39 is 5.97 Å². The Balaban J connectivity index is 2.07. The Morgan fingerprint density at radius 3 is 2.57 bits per heavy atom. The van der Waals surface area contributed by atoms with E-state index in [2.05, 4.69) is 36.0 Å². The number of aromatic amines is 1. The molecule has 1 unspecified atom stereocenters. The van der Waals surface area contributed by atoms with Crippen molar-refractivity contribution >= 4 is 17.7 Å². The maximum absolute atomic E-state index is 12.6. The van der Waals surface area contributed by atoms with Crippen LogP contribution in [0.1, 0.15) is 72.6 Å². The zero-order chi connectivity index (χ0) is 21.1. The lowest BCUT2D eigenvalue weighted by Gasteiger charge is -2.43. The number of ether oxygens (including phenoxy) is 1. The van der Waals surface area contributed by atoms with E-state index in [0.29, 0.717) is 29.4 Å². The molecule has 1 atom stereocenters. The fourth-order valence-corrected chi connectivity index (χ4v) is 3.91. The molecule has 0 saturated carbocycles. The molecule has 0 radical (unpaired) electrons. The lowest BCUT2D eigenvalue weighted by molar-refractivity contribution is -0.121. The van der Waals surface area contributed by atoms with E-state index in [1.54, 1.807) is 6.92 Å². The summed E-state index contributed by atoms with van der Waals surface area (Å²) in [6.45, 7) is 12.2. The number of H-pyrrole nitrogens is 1. The van der Waals surface area contributed by atoms with Gasteiger partial charge in [0.05, 0.1) is 24.8 Å². The summed E-state index contributed by atoms with van der Waals surface area (Å²) >= 11 is 0. The van der Waals surface area contributed by atoms with Gasteiger partial charge in [0.2, 0.25) is 5.91 Å². The van der Waals surface area contributed by atoms with Gasteiger partial charge in [-0.1, -0.05) is 6.92 Å². The Morgan fingerprint density at radius 2 is 2.00 bits per heavy atom. The van der Waals surface area contributed by atoms with Crippen molar-refractivity contribution in [2.24, 2.45) is 5.92 Å². The molecule has 2 heterocycles. The van der Waals surface area contributed by atoms with Crippen LogP contribution in [0.25, 0.3) is 0 Å². The highest BCUT2D eigenvalue weighted by molar-refractivity contribution is 6.01. The third-order valence-corrected chi connectivity index (χ3v) is 5.64. The van der Waals surface area contributed by atoms with Gasteiger partial charge in [-0.2, -0.15) is 0 Å². The van der Waals surface area contributed by atoms with Gasteiger partial charge >= 0.3 is 5.97 Å². The summed E-state index contributed by atoms with van der Waals surface area (Å²) in [4.78, 5) is 41.9. The molecule has 156 valence electrons. The minimum Gasteiger partial charge on any atom is -0.465 e. The largest absolute Gasteiger partial charge is 0.465 e. The lowest BCUT2D eigenvalue weighted by Crippen LogP contribution is -2.54. The Hall–Kier alpha value is -2.15. The monoisotopic (exact) mass is 391 g/mol. The van der Waals surface area contributed by atoms with Crippen molar-refractivity contribution in [2.45, 2.75) is 59.4 Å². The number of rotatable bonds is 7. The molecule has 1 aliphatic heterocycles. The first-order valence-electron chi connectivity index (χ1n) is 9.89. The van der Waals surface area contributed by atoms with Gasteiger partial charge in [0, 0.05) is 31.2 Å². The second-order valence-electron chi connectivity index (χ2n) is 8.49. The molecular weight excluding hydrogens is 358 g/mol. The molecule has 7 nitrogen and oxygen atoms in total. The minimum absolute atomic E-state index is 0.00889. The number of piperidine rings is 1. The fraction of sp³-hybridized carbons (Fsp3) is 0.667. The van der Waals surface area contributed by atoms with E-state index in [1.807, 2.05) is 0 Å². The molecule has 0 bridgehead atoms. The number of nitrogens with one attached hydrogen (secondary N) is 2. The molecule has 1 fully saturated rings.